The summed E-state index contributed by atoms with van der Waals surface area (Å²) in [5.74, 6) is 0. The van der Waals surface area contributed by atoms with E-state index < -0.39 is 12.6 Å². The van der Waals surface area contributed by atoms with E-state index in [0.29, 0.717) is 6.42 Å². The van der Waals surface area contributed by atoms with Gasteiger partial charge >= 0.3 is 6.18 Å². The van der Waals surface area contributed by atoms with Crippen molar-refractivity contribution in [2.24, 2.45) is 0 Å². The molecule has 1 heterocycles. The number of rotatable bonds is 5. The lowest BCUT2D eigenvalue weighted by Gasteiger charge is -2.17. The van der Waals surface area contributed by atoms with E-state index in [0.717, 1.165) is 22.3 Å². The number of pyridine rings is 1. The van der Waals surface area contributed by atoms with Crippen molar-refractivity contribution in [3.8, 4) is 0 Å². The van der Waals surface area contributed by atoms with Crippen molar-refractivity contribution in [3.05, 3.63) is 36.0 Å². The highest BCUT2D eigenvalue weighted by Gasteiger charge is 2.26. The fourth-order valence-corrected chi connectivity index (χ4v) is 2.31. The average molecular weight is 296 g/mol. The number of nitrogens with zero attached hydrogens (tertiary/aromatic N) is 1. The van der Waals surface area contributed by atoms with Crippen molar-refractivity contribution in [2.75, 3.05) is 5.32 Å². The lowest BCUT2D eigenvalue weighted by atomic mass is 10.1. The van der Waals surface area contributed by atoms with Crippen LogP contribution in [-0.2, 0) is 0 Å². The Labute approximate surface area is 122 Å². The smallest absolute Gasteiger partial charge is 0.381 e. The van der Waals surface area contributed by atoms with Crippen LogP contribution in [0.3, 0.4) is 0 Å². The first kappa shape index (κ1) is 15.6. The van der Waals surface area contributed by atoms with E-state index in [2.05, 4.69) is 10.3 Å². The van der Waals surface area contributed by atoms with Crippen molar-refractivity contribution in [3.63, 3.8) is 0 Å². The van der Waals surface area contributed by atoms with E-state index in [1.807, 2.05) is 44.2 Å². The Hall–Kier alpha value is -1.78. The number of anilines is 1. The molecule has 2 rings (SSSR count). The fraction of sp³-hybridized carbons (Fsp3) is 0.438. The van der Waals surface area contributed by atoms with Gasteiger partial charge in [0.15, 0.2) is 0 Å². The van der Waals surface area contributed by atoms with Gasteiger partial charge in [-0.25, -0.2) is 0 Å². The first-order chi connectivity index (χ1) is 9.85. The molecule has 1 aromatic carbocycles. The molecular weight excluding hydrogens is 277 g/mol. The summed E-state index contributed by atoms with van der Waals surface area (Å²) in [5.41, 5.74) is 2.65. The van der Waals surface area contributed by atoms with Crippen LogP contribution in [0.5, 0.6) is 0 Å². The molecule has 5 heteroatoms. The minimum Gasteiger partial charge on any atom is -0.381 e. The second-order valence-corrected chi connectivity index (χ2v) is 5.38. The Morgan fingerprint density at radius 2 is 1.95 bits per heavy atom. The highest BCUT2D eigenvalue weighted by molar-refractivity contribution is 5.90. The van der Waals surface area contributed by atoms with Crippen molar-refractivity contribution >= 4 is 16.6 Å². The molecule has 1 unspecified atom stereocenters. The Morgan fingerprint density at radius 1 is 1.19 bits per heavy atom. The van der Waals surface area contributed by atoms with Gasteiger partial charge in [0, 0.05) is 23.5 Å². The molecule has 0 aliphatic heterocycles. The van der Waals surface area contributed by atoms with Gasteiger partial charge in [-0.05, 0) is 38.8 Å². The number of nitrogens with one attached hydrogen (secondary N) is 1. The second-order valence-electron chi connectivity index (χ2n) is 5.38. The van der Waals surface area contributed by atoms with Crippen molar-refractivity contribution < 1.29 is 13.2 Å². The number of para-hydroxylation sites is 1. The Kier molecular flexibility index (Phi) is 4.70. The third-order valence-corrected chi connectivity index (χ3v) is 3.36. The number of aryl methyl sites for hydroxylation is 1. The van der Waals surface area contributed by atoms with Crippen LogP contribution in [0.15, 0.2) is 30.3 Å². The first-order valence-corrected chi connectivity index (χ1v) is 7.05. The number of alkyl halides is 3. The molecule has 0 amide bonds. The zero-order chi connectivity index (χ0) is 15.5. The maximum absolute atomic E-state index is 12.2. The van der Waals surface area contributed by atoms with Gasteiger partial charge < -0.3 is 5.32 Å². The highest BCUT2D eigenvalue weighted by atomic mass is 19.4. The fourth-order valence-electron chi connectivity index (χ4n) is 2.31. The Morgan fingerprint density at radius 3 is 2.67 bits per heavy atom. The molecule has 2 aromatic rings. The predicted octanol–water partition coefficient (Wildman–Crippen LogP) is 5.08. The van der Waals surface area contributed by atoms with Crippen LogP contribution in [0.2, 0.25) is 0 Å². The molecule has 0 fully saturated rings. The van der Waals surface area contributed by atoms with E-state index in [-0.39, 0.29) is 12.5 Å². The molecule has 21 heavy (non-hydrogen) atoms. The second kappa shape index (κ2) is 6.33. The van der Waals surface area contributed by atoms with Crippen LogP contribution >= 0.6 is 0 Å². The zero-order valence-corrected chi connectivity index (χ0v) is 12.2. The summed E-state index contributed by atoms with van der Waals surface area (Å²) >= 11 is 0. The zero-order valence-electron chi connectivity index (χ0n) is 12.2. The number of benzene rings is 1. The van der Waals surface area contributed by atoms with Gasteiger partial charge in [-0.15, -0.1) is 0 Å². The number of aromatic nitrogens is 1. The SMILES string of the molecule is Cc1ccc2cccc(NC(C)CCCC(F)(F)F)c2n1. The average Bonchev–Trinajstić information content (AvgIpc) is 2.38. The van der Waals surface area contributed by atoms with E-state index in [1.54, 1.807) is 0 Å². The maximum atomic E-state index is 12.2. The molecule has 2 nitrogen and oxygen atoms in total. The summed E-state index contributed by atoms with van der Waals surface area (Å²) in [6.07, 6.45) is -4.19. The molecule has 0 spiro atoms. The van der Waals surface area contributed by atoms with E-state index in [4.69, 9.17) is 0 Å². The number of hydrogen-bond acceptors (Lipinski definition) is 2. The quantitative estimate of drug-likeness (QED) is 0.832. The molecule has 0 saturated heterocycles. The molecular formula is C16H19F3N2. The summed E-state index contributed by atoms with van der Waals surface area (Å²) in [5, 5.41) is 4.29. The number of halogens is 3. The van der Waals surface area contributed by atoms with E-state index >= 15 is 0 Å². The molecule has 1 atom stereocenters. The summed E-state index contributed by atoms with van der Waals surface area (Å²) in [6.45, 7) is 3.81. The van der Waals surface area contributed by atoms with Crippen LogP contribution in [0.25, 0.3) is 10.9 Å². The van der Waals surface area contributed by atoms with Gasteiger partial charge in [0.2, 0.25) is 0 Å². The van der Waals surface area contributed by atoms with Gasteiger partial charge in [-0.2, -0.15) is 13.2 Å². The molecule has 0 aliphatic rings. The third kappa shape index (κ3) is 4.62. The number of fused-ring (bicyclic) bond motifs is 1. The molecule has 0 radical (unpaired) electrons. The monoisotopic (exact) mass is 296 g/mol. The summed E-state index contributed by atoms with van der Waals surface area (Å²) in [7, 11) is 0. The van der Waals surface area contributed by atoms with E-state index in [1.165, 1.54) is 0 Å². The van der Waals surface area contributed by atoms with Crippen molar-refractivity contribution in [2.45, 2.75) is 45.3 Å². The van der Waals surface area contributed by atoms with E-state index in [9.17, 15) is 13.2 Å². The van der Waals surface area contributed by atoms with Crippen LogP contribution < -0.4 is 5.32 Å². The minimum atomic E-state index is -4.07. The largest absolute Gasteiger partial charge is 0.389 e. The van der Waals surface area contributed by atoms with Crippen LogP contribution in [-0.4, -0.2) is 17.2 Å². The maximum Gasteiger partial charge on any atom is 0.389 e. The van der Waals surface area contributed by atoms with Crippen molar-refractivity contribution in [1.82, 2.24) is 4.98 Å². The molecule has 0 saturated carbocycles. The first-order valence-electron chi connectivity index (χ1n) is 7.05. The normalized spacial score (nSPS) is 13.4. The summed E-state index contributed by atoms with van der Waals surface area (Å²) in [4.78, 5) is 4.51. The van der Waals surface area contributed by atoms with Gasteiger partial charge in [-0.3, -0.25) is 4.98 Å². The minimum absolute atomic E-state index is 0.0275. The lowest BCUT2D eigenvalue weighted by molar-refractivity contribution is -0.135. The molecule has 0 aliphatic carbocycles. The molecule has 114 valence electrons. The lowest BCUT2D eigenvalue weighted by Crippen LogP contribution is -2.17. The van der Waals surface area contributed by atoms with Crippen LogP contribution in [0.1, 0.15) is 31.9 Å². The third-order valence-electron chi connectivity index (χ3n) is 3.36. The van der Waals surface area contributed by atoms with Crippen LogP contribution in [0.4, 0.5) is 18.9 Å². The molecule has 1 N–H and O–H groups in total. The van der Waals surface area contributed by atoms with Crippen molar-refractivity contribution in [1.29, 1.82) is 0 Å². The van der Waals surface area contributed by atoms with Gasteiger partial charge in [0.25, 0.3) is 0 Å². The Bertz CT molecular complexity index is 608. The van der Waals surface area contributed by atoms with Crippen LogP contribution in [0, 0.1) is 6.92 Å². The predicted molar refractivity (Wildman–Crippen MR) is 79.5 cm³/mol. The molecule has 0 bridgehead atoms. The standard InChI is InChI=1S/C16H19F3N2/c1-11(5-4-10-16(17,18)19)20-14-7-3-6-13-9-8-12(2)21-15(13)14/h3,6-9,11,20H,4-5,10H2,1-2H3. The van der Waals surface area contributed by atoms with Gasteiger partial charge in [0.1, 0.15) is 0 Å². The van der Waals surface area contributed by atoms with Gasteiger partial charge in [-0.1, -0.05) is 18.2 Å². The Balaban J connectivity index is 2.04. The van der Waals surface area contributed by atoms with Gasteiger partial charge in [0.05, 0.1) is 11.2 Å². The summed E-state index contributed by atoms with van der Waals surface area (Å²) in [6, 6.07) is 9.72. The summed E-state index contributed by atoms with van der Waals surface area (Å²) < 4.78 is 36.5. The highest BCUT2D eigenvalue weighted by Crippen LogP contribution is 2.25. The molecule has 1 aromatic heterocycles. The number of hydrogen-bond donors (Lipinski definition) is 1. The topological polar surface area (TPSA) is 24.9 Å².